The average molecular weight is 628 g/mol. The van der Waals surface area contributed by atoms with Crippen molar-refractivity contribution < 1.29 is 4.42 Å². The van der Waals surface area contributed by atoms with Gasteiger partial charge in [-0.05, 0) is 62.9 Å². The van der Waals surface area contributed by atoms with Crippen molar-refractivity contribution in [3.05, 3.63) is 176 Å². The Morgan fingerprint density at radius 3 is 1.41 bits per heavy atom. The molecular weight excluding hydrogens is 599 g/mol. The third-order valence-corrected chi connectivity index (χ3v) is 8.99. The Labute approximate surface area is 284 Å². The Balaban J connectivity index is 1.09. The zero-order valence-corrected chi connectivity index (χ0v) is 26.5. The molecule has 0 unspecified atom stereocenters. The third-order valence-electron chi connectivity index (χ3n) is 8.99. The van der Waals surface area contributed by atoms with Crippen LogP contribution in [-0.4, -0.2) is 15.0 Å². The molecule has 9 aromatic rings. The minimum Gasteiger partial charge on any atom is -0.464 e. The minimum atomic E-state index is 0.637. The van der Waals surface area contributed by atoms with Crippen molar-refractivity contribution in [1.29, 1.82) is 0 Å². The molecule has 4 heteroatoms. The van der Waals surface area contributed by atoms with E-state index in [-0.39, 0.29) is 0 Å². The second-order valence-electron chi connectivity index (χ2n) is 12.1. The van der Waals surface area contributed by atoms with E-state index >= 15 is 0 Å². The normalized spacial score (nSPS) is 11.3. The van der Waals surface area contributed by atoms with Crippen LogP contribution in [0.3, 0.4) is 0 Å². The van der Waals surface area contributed by atoms with Crippen LogP contribution in [-0.2, 0) is 0 Å². The summed E-state index contributed by atoms with van der Waals surface area (Å²) in [6.45, 7) is 0. The molecule has 2 aromatic heterocycles. The largest absolute Gasteiger partial charge is 0.464 e. The van der Waals surface area contributed by atoms with Crippen molar-refractivity contribution in [1.82, 2.24) is 15.0 Å². The summed E-state index contributed by atoms with van der Waals surface area (Å²) in [5.41, 5.74) is 10.4. The average Bonchev–Trinajstić information content (AvgIpc) is 3.64. The fourth-order valence-corrected chi connectivity index (χ4v) is 6.54. The Hall–Kier alpha value is -6.65. The lowest BCUT2D eigenvalue weighted by Crippen LogP contribution is -2.00. The molecule has 9 rings (SSSR count). The van der Waals surface area contributed by atoms with E-state index < -0.39 is 0 Å². The maximum atomic E-state index is 6.03. The second-order valence-corrected chi connectivity index (χ2v) is 12.1. The highest BCUT2D eigenvalue weighted by atomic mass is 16.3. The molecule has 0 aliphatic heterocycles. The van der Waals surface area contributed by atoms with Crippen LogP contribution in [0.5, 0.6) is 0 Å². The minimum absolute atomic E-state index is 0.637. The van der Waals surface area contributed by atoms with Crippen molar-refractivity contribution in [2.24, 2.45) is 0 Å². The number of rotatable bonds is 6. The van der Waals surface area contributed by atoms with E-state index in [0.717, 1.165) is 61.0 Å². The van der Waals surface area contributed by atoms with Crippen LogP contribution in [0.4, 0.5) is 0 Å². The summed E-state index contributed by atoms with van der Waals surface area (Å²) in [5, 5.41) is 3.54. The lowest BCUT2D eigenvalue weighted by molar-refractivity contribution is 0.617. The molecule has 0 saturated carbocycles. The molecule has 0 spiro atoms. The van der Waals surface area contributed by atoms with Crippen molar-refractivity contribution in [3.8, 4) is 67.5 Å². The van der Waals surface area contributed by atoms with Crippen LogP contribution in [0, 0.1) is 0 Å². The van der Waals surface area contributed by atoms with Crippen molar-refractivity contribution in [2.75, 3.05) is 0 Å². The molecule has 0 radical (unpaired) electrons. The first-order valence-corrected chi connectivity index (χ1v) is 16.3. The van der Waals surface area contributed by atoms with Crippen molar-refractivity contribution in [2.45, 2.75) is 0 Å². The van der Waals surface area contributed by atoms with E-state index in [1.165, 1.54) is 10.8 Å². The van der Waals surface area contributed by atoms with E-state index in [2.05, 4.69) is 109 Å². The highest BCUT2D eigenvalue weighted by Gasteiger charge is 2.15. The van der Waals surface area contributed by atoms with Gasteiger partial charge in [0, 0.05) is 27.6 Å². The summed E-state index contributed by atoms with van der Waals surface area (Å²) in [6.07, 6.45) is 1.88. The molecule has 0 aliphatic rings. The molecule has 230 valence electrons. The molecule has 0 bridgehead atoms. The van der Waals surface area contributed by atoms with Gasteiger partial charge in [-0.3, -0.25) is 0 Å². The molecule has 49 heavy (non-hydrogen) atoms. The highest BCUT2D eigenvalue weighted by molar-refractivity contribution is 6.13. The Kier molecular flexibility index (Phi) is 7.10. The topological polar surface area (TPSA) is 51.8 Å². The summed E-state index contributed by atoms with van der Waals surface area (Å²) in [4.78, 5) is 14.7. The van der Waals surface area contributed by atoms with Gasteiger partial charge in [0.2, 0.25) is 0 Å². The molecule has 7 aromatic carbocycles. The van der Waals surface area contributed by atoms with Gasteiger partial charge in [-0.1, -0.05) is 146 Å². The number of benzene rings is 7. The second kappa shape index (κ2) is 12.2. The molecular formula is C45H29N3O. The van der Waals surface area contributed by atoms with Gasteiger partial charge in [-0.25, -0.2) is 15.0 Å². The smallest absolute Gasteiger partial charge is 0.164 e. The predicted molar refractivity (Wildman–Crippen MR) is 200 cm³/mol. The first kappa shape index (κ1) is 28.6. The molecule has 0 aliphatic carbocycles. The van der Waals surface area contributed by atoms with Gasteiger partial charge >= 0.3 is 0 Å². The molecule has 0 atom stereocenters. The molecule has 2 heterocycles. The summed E-state index contributed by atoms with van der Waals surface area (Å²) in [6, 6.07) is 58.6. The van der Waals surface area contributed by atoms with Gasteiger partial charge in [0.15, 0.2) is 17.5 Å². The fraction of sp³-hybridized carbons (Fsp3) is 0. The van der Waals surface area contributed by atoms with Crippen LogP contribution in [0.1, 0.15) is 0 Å². The van der Waals surface area contributed by atoms with Gasteiger partial charge < -0.3 is 4.42 Å². The summed E-state index contributed by atoms with van der Waals surface area (Å²) in [5.74, 6) is 1.93. The molecule has 0 N–H and O–H groups in total. The lowest BCUT2D eigenvalue weighted by atomic mass is 9.94. The summed E-state index contributed by atoms with van der Waals surface area (Å²) < 4.78 is 6.03. The van der Waals surface area contributed by atoms with E-state index in [9.17, 15) is 0 Å². The van der Waals surface area contributed by atoms with Gasteiger partial charge in [0.25, 0.3) is 0 Å². The summed E-state index contributed by atoms with van der Waals surface area (Å²) in [7, 11) is 0. The van der Waals surface area contributed by atoms with E-state index in [0.29, 0.717) is 17.5 Å². The maximum absolute atomic E-state index is 6.03. The molecule has 4 nitrogen and oxygen atoms in total. The predicted octanol–water partition coefficient (Wildman–Crippen LogP) is 11.8. The highest BCUT2D eigenvalue weighted by Crippen LogP contribution is 2.38. The lowest BCUT2D eigenvalue weighted by Gasteiger charge is -2.11. The first-order valence-electron chi connectivity index (χ1n) is 16.3. The number of fused-ring (bicyclic) bond motifs is 3. The van der Waals surface area contributed by atoms with Crippen LogP contribution < -0.4 is 0 Å². The third kappa shape index (κ3) is 5.45. The zero-order chi connectivity index (χ0) is 32.6. The van der Waals surface area contributed by atoms with Gasteiger partial charge in [-0.2, -0.15) is 0 Å². The Bertz CT molecular complexity index is 2550. The van der Waals surface area contributed by atoms with Crippen molar-refractivity contribution in [3.63, 3.8) is 0 Å². The van der Waals surface area contributed by atoms with E-state index in [1.54, 1.807) is 0 Å². The molecule has 0 amide bonds. The zero-order valence-electron chi connectivity index (χ0n) is 26.5. The quantitative estimate of drug-likeness (QED) is 0.184. The van der Waals surface area contributed by atoms with Crippen LogP contribution >= 0.6 is 0 Å². The number of nitrogens with zero attached hydrogens (tertiary/aromatic N) is 3. The van der Waals surface area contributed by atoms with Crippen LogP contribution in [0.25, 0.3) is 89.3 Å². The number of hydrogen-bond acceptors (Lipinski definition) is 4. The fourth-order valence-electron chi connectivity index (χ4n) is 6.54. The number of hydrogen-bond donors (Lipinski definition) is 0. The number of furan rings is 1. The van der Waals surface area contributed by atoms with Gasteiger partial charge in [0.05, 0.1) is 6.26 Å². The summed E-state index contributed by atoms with van der Waals surface area (Å²) >= 11 is 0. The first-order chi connectivity index (χ1) is 24.3. The van der Waals surface area contributed by atoms with Crippen LogP contribution in [0.15, 0.2) is 181 Å². The van der Waals surface area contributed by atoms with Gasteiger partial charge in [-0.15, -0.1) is 0 Å². The SMILES string of the molecule is c1ccc(-c2nc(-c3ccccc3)nc(-c3cccc(-c4cccc(-c5cccc(-c6coc7ccc8ccccc8c67)c5)c4)c3)n2)cc1. The van der Waals surface area contributed by atoms with E-state index in [1.807, 2.05) is 66.9 Å². The Morgan fingerprint density at radius 2 is 0.796 bits per heavy atom. The molecule has 0 fully saturated rings. The maximum Gasteiger partial charge on any atom is 0.164 e. The standard InChI is InChI=1S/C45H29N3O/c1-3-13-31(14-4-1)43-46-44(32-15-5-2-6-16-32)48-45(47-43)38-22-11-20-36(28-38)34-18-9-17-33(26-34)35-19-10-21-37(27-35)40-29-49-41-25-24-30-12-7-8-23-39(30)42(40)41/h1-29H. The monoisotopic (exact) mass is 627 g/mol. The van der Waals surface area contributed by atoms with Crippen LogP contribution in [0.2, 0.25) is 0 Å². The molecule has 0 saturated heterocycles. The van der Waals surface area contributed by atoms with E-state index in [4.69, 9.17) is 19.4 Å². The van der Waals surface area contributed by atoms with Gasteiger partial charge in [0.1, 0.15) is 5.58 Å². The number of aromatic nitrogens is 3. The Morgan fingerprint density at radius 1 is 0.347 bits per heavy atom. The van der Waals surface area contributed by atoms with Crippen molar-refractivity contribution >= 4 is 21.7 Å².